The monoisotopic (exact) mass is 378 g/mol. The van der Waals surface area contributed by atoms with Gasteiger partial charge in [0.05, 0.1) is 19.0 Å². The molecule has 136 valence electrons. The van der Waals surface area contributed by atoms with Crippen LogP contribution in [0.4, 0.5) is 0 Å². The highest BCUT2D eigenvalue weighted by atomic mass is 32.2. The van der Waals surface area contributed by atoms with E-state index in [1.54, 1.807) is 18.0 Å². The van der Waals surface area contributed by atoms with Gasteiger partial charge in [-0.05, 0) is 42.3 Å². The van der Waals surface area contributed by atoms with Gasteiger partial charge in [0, 0.05) is 5.75 Å². The van der Waals surface area contributed by atoms with Crippen LogP contribution in [0, 0.1) is 6.92 Å². The second-order valence-electron chi connectivity index (χ2n) is 6.08. The Morgan fingerprint density at radius 1 is 1.15 bits per heavy atom. The third-order valence-electron chi connectivity index (χ3n) is 4.36. The number of hydrogen-bond acceptors (Lipinski definition) is 5. The fourth-order valence-corrected chi connectivity index (χ4v) is 3.73. The molecule has 0 unspecified atom stereocenters. The number of benzene rings is 2. The molecule has 7 heteroatoms. The lowest BCUT2D eigenvalue weighted by molar-refractivity contribution is 0.414. The molecule has 0 aliphatic heterocycles. The zero-order valence-electron chi connectivity index (χ0n) is 15.0. The molecule has 0 fully saturated rings. The Balaban J connectivity index is 1.69. The van der Waals surface area contributed by atoms with Gasteiger partial charge in [-0.3, -0.25) is 4.79 Å². The number of nitrogens with one attached hydrogen (secondary N) is 1. The second-order valence-corrected chi connectivity index (χ2v) is 7.04. The highest BCUT2D eigenvalue weighted by molar-refractivity contribution is 7.98. The van der Waals surface area contributed by atoms with E-state index in [9.17, 15) is 4.79 Å². The highest BCUT2D eigenvalue weighted by Crippen LogP contribution is 2.23. The molecule has 2 aromatic heterocycles. The van der Waals surface area contributed by atoms with Gasteiger partial charge in [0.15, 0.2) is 10.8 Å². The molecule has 0 aliphatic rings. The van der Waals surface area contributed by atoms with E-state index in [1.807, 2.05) is 36.4 Å². The van der Waals surface area contributed by atoms with Gasteiger partial charge in [0.25, 0.3) is 5.56 Å². The first-order chi connectivity index (χ1) is 13.2. The summed E-state index contributed by atoms with van der Waals surface area (Å²) in [5.41, 5.74) is 3.60. The van der Waals surface area contributed by atoms with E-state index in [0.717, 1.165) is 17.2 Å². The number of hydrogen-bond donors (Lipinski definition) is 1. The summed E-state index contributed by atoms with van der Waals surface area (Å²) < 4.78 is 6.86. The molecule has 0 atom stereocenters. The maximum Gasteiger partial charge on any atom is 0.262 e. The van der Waals surface area contributed by atoms with Gasteiger partial charge in [-0.1, -0.05) is 36.0 Å². The van der Waals surface area contributed by atoms with Crippen molar-refractivity contribution in [1.29, 1.82) is 0 Å². The van der Waals surface area contributed by atoms with Crippen molar-refractivity contribution in [2.45, 2.75) is 17.8 Å². The van der Waals surface area contributed by atoms with Crippen molar-refractivity contribution in [3.05, 3.63) is 76.2 Å². The Bertz CT molecular complexity index is 1150. The fraction of sp³-hybridized carbons (Fsp3) is 0.150. The summed E-state index contributed by atoms with van der Waals surface area (Å²) in [6, 6.07) is 15.7. The first-order valence-corrected chi connectivity index (χ1v) is 9.44. The molecular weight excluding hydrogens is 360 g/mol. The van der Waals surface area contributed by atoms with E-state index in [4.69, 9.17) is 4.74 Å². The van der Waals surface area contributed by atoms with E-state index in [2.05, 4.69) is 34.1 Å². The number of methoxy groups -OCH3 is 1. The molecule has 2 heterocycles. The van der Waals surface area contributed by atoms with Crippen LogP contribution in [0.2, 0.25) is 0 Å². The zero-order valence-corrected chi connectivity index (χ0v) is 15.8. The molecule has 0 saturated heterocycles. The van der Waals surface area contributed by atoms with Crippen LogP contribution in [-0.4, -0.2) is 26.9 Å². The van der Waals surface area contributed by atoms with Crippen LogP contribution >= 0.6 is 11.8 Å². The molecule has 4 rings (SSSR count). The predicted molar refractivity (Wildman–Crippen MR) is 107 cm³/mol. The second kappa shape index (κ2) is 7.28. The number of aromatic nitrogens is 4. The smallest absolute Gasteiger partial charge is 0.262 e. The van der Waals surface area contributed by atoms with E-state index in [1.165, 1.54) is 22.9 Å². The molecule has 0 aliphatic carbocycles. The van der Waals surface area contributed by atoms with Crippen molar-refractivity contribution >= 4 is 22.8 Å². The number of H-pyrrole nitrogens is 1. The Labute approximate surface area is 160 Å². The van der Waals surface area contributed by atoms with E-state index >= 15 is 0 Å². The lowest BCUT2D eigenvalue weighted by atomic mass is 10.1. The minimum atomic E-state index is -0.188. The normalized spacial score (nSPS) is 11.0. The van der Waals surface area contributed by atoms with Crippen molar-refractivity contribution in [2.75, 3.05) is 7.11 Å². The van der Waals surface area contributed by atoms with Gasteiger partial charge < -0.3 is 9.72 Å². The summed E-state index contributed by atoms with van der Waals surface area (Å²) in [6.07, 6.45) is 1.54. The number of ether oxygens (including phenoxy) is 1. The fourth-order valence-electron chi connectivity index (χ4n) is 2.80. The van der Waals surface area contributed by atoms with Crippen LogP contribution in [-0.2, 0) is 5.75 Å². The van der Waals surface area contributed by atoms with Crippen LogP contribution in [0.1, 0.15) is 11.1 Å². The van der Waals surface area contributed by atoms with Crippen LogP contribution in [0.5, 0.6) is 5.75 Å². The van der Waals surface area contributed by atoms with Gasteiger partial charge in [0.2, 0.25) is 0 Å². The quantitative estimate of drug-likeness (QED) is 0.423. The summed E-state index contributed by atoms with van der Waals surface area (Å²) >= 11 is 1.50. The zero-order chi connectivity index (χ0) is 18.8. The summed E-state index contributed by atoms with van der Waals surface area (Å²) in [4.78, 5) is 19.9. The molecule has 0 bridgehead atoms. The van der Waals surface area contributed by atoms with E-state index in [0.29, 0.717) is 16.2 Å². The number of rotatable bonds is 5. The number of aromatic amines is 1. The predicted octanol–water partition coefficient (Wildman–Crippen LogP) is 3.72. The summed E-state index contributed by atoms with van der Waals surface area (Å²) in [6.45, 7) is 2.08. The minimum absolute atomic E-state index is 0.188. The molecule has 0 radical (unpaired) electrons. The molecule has 27 heavy (non-hydrogen) atoms. The Morgan fingerprint density at radius 2 is 1.93 bits per heavy atom. The van der Waals surface area contributed by atoms with Crippen molar-refractivity contribution in [1.82, 2.24) is 19.7 Å². The summed E-state index contributed by atoms with van der Waals surface area (Å²) in [7, 11) is 1.62. The number of nitrogens with zero attached hydrogens (tertiary/aromatic N) is 3. The van der Waals surface area contributed by atoms with Gasteiger partial charge in [-0.15, -0.1) is 0 Å². The van der Waals surface area contributed by atoms with Crippen LogP contribution < -0.4 is 10.3 Å². The standard InChI is InChI=1S/C20H18N4O2S/c1-13-5-3-4-6-14(13)12-27-20-22-18-17(19(25)23-20)11-21-24(18)15-7-9-16(26-2)10-8-15/h3-11H,12H2,1-2H3,(H,22,23,25). The maximum atomic E-state index is 12.4. The largest absolute Gasteiger partial charge is 0.497 e. The Kier molecular flexibility index (Phi) is 4.68. The van der Waals surface area contributed by atoms with Crippen molar-refractivity contribution in [3.63, 3.8) is 0 Å². The third kappa shape index (κ3) is 3.46. The molecule has 2 aromatic carbocycles. The maximum absolute atomic E-state index is 12.4. The topological polar surface area (TPSA) is 72.8 Å². The molecule has 1 N–H and O–H groups in total. The minimum Gasteiger partial charge on any atom is -0.497 e. The van der Waals surface area contributed by atoms with Crippen molar-refractivity contribution < 1.29 is 4.74 Å². The first kappa shape index (κ1) is 17.4. The number of aryl methyl sites for hydroxylation is 1. The third-order valence-corrected chi connectivity index (χ3v) is 5.28. The summed E-state index contributed by atoms with van der Waals surface area (Å²) in [5.74, 6) is 1.49. The van der Waals surface area contributed by atoms with Crippen LogP contribution in [0.25, 0.3) is 16.7 Å². The van der Waals surface area contributed by atoms with Crippen molar-refractivity contribution in [2.24, 2.45) is 0 Å². The first-order valence-electron chi connectivity index (χ1n) is 8.45. The van der Waals surface area contributed by atoms with Crippen LogP contribution in [0.3, 0.4) is 0 Å². The van der Waals surface area contributed by atoms with E-state index in [-0.39, 0.29) is 5.56 Å². The Hall–Kier alpha value is -3.06. The molecule has 0 saturated carbocycles. The molecule has 0 amide bonds. The Morgan fingerprint density at radius 3 is 2.67 bits per heavy atom. The molecule has 4 aromatic rings. The SMILES string of the molecule is COc1ccc(-n2ncc3c(=O)[nH]c(SCc4ccccc4C)nc32)cc1. The molecule has 6 nitrogen and oxygen atoms in total. The van der Waals surface area contributed by atoms with Gasteiger partial charge in [0.1, 0.15) is 11.1 Å². The van der Waals surface area contributed by atoms with Gasteiger partial charge >= 0.3 is 0 Å². The molecule has 0 spiro atoms. The van der Waals surface area contributed by atoms with Crippen molar-refractivity contribution in [3.8, 4) is 11.4 Å². The van der Waals surface area contributed by atoms with Gasteiger partial charge in [-0.25, -0.2) is 9.67 Å². The average Bonchev–Trinajstić information content (AvgIpc) is 3.12. The lowest BCUT2D eigenvalue weighted by Gasteiger charge is -2.07. The average molecular weight is 378 g/mol. The summed E-state index contributed by atoms with van der Waals surface area (Å²) in [5, 5.41) is 5.38. The number of thioether (sulfide) groups is 1. The highest BCUT2D eigenvalue weighted by Gasteiger charge is 2.12. The number of fused-ring (bicyclic) bond motifs is 1. The van der Waals surface area contributed by atoms with Crippen LogP contribution in [0.15, 0.2) is 64.7 Å². The van der Waals surface area contributed by atoms with Gasteiger partial charge in [-0.2, -0.15) is 5.10 Å². The lowest BCUT2D eigenvalue weighted by Crippen LogP contribution is -2.09. The molecular formula is C20H18N4O2S. The van der Waals surface area contributed by atoms with E-state index < -0.39 is 0 Å².